The van der Waals surface area contributed by atoms with Gasteiger partial charge in [0.2, 0.25) is 0 Å². The zero-order chi connectivity index (χ0) is 8.27. The third-order valence-electron chi connectivity index (χ3n) is 1.18. The molecule has 0 saturated heterocycles. The number of nitrogens with zero attached hydrogens (tertiary/aromatic N) is 1. The number of nitrogens with two attached hydrogens (primary N) is 1. The SMILES string of the molecule is CCOc1ccnc(N)c1I. The molecule has 0 aromatic carbocycles. The van der Waals surface area contributed by atoms with E-state index in [1.54, 1.807) is 6.20 Å². The van der Waals surface area contributed by atoms with Crippen LogP contribution in [0.5, 0.6) is 5.75 Å². The maximum Gasteiger partial charge on any atom is 0.140 e. The van der Waals surface area contributed by atoms with Crippen molar-refractivity contribution in [1.29, 1.82) is 0 Å². The minimum Gasteiger partial charge on any atom is -0.493 e. The summed E-state index contributed by atoms with van der Waals surface area (Å²) < 4.78 is 6.17. The molecule has 0 amide bonds. The van der Waals surface area contributed by atoms with E-state index in [9.17, 15) is 0 Å². The fourth-order valence-corrected chi connectivity index (χ4v) is 1.18. The van der Waals surface area contributed by atoms with E-state index < -0.39 is 0 Å². The molecule has 1 aromatic rings. The van der Waals surface area contributed by atoms with Gasteiger partial charge >= 0.3 is 0 Å². The van der Waals surface area contributed by atoms with E-state index in [4.69, 9.17) is 10.5 Å². The van der Waals surface area contributed by atoms with Crippen molar-refractivity contribution in [2.24, 2.45) is 0 Å². The quantitative estimate of drug-likeness (QED) is 0.826. The molecule has 3 nitrogen and oxygen atoms in total. The highest BCUT2D eigenvalue weighted by Crippen LogP contribution is 2.23. The number of halogens is 1. The molecule has 0 fully saturated rings. The summed E-state index contributed by atoms with van der Waals surface area (Å²) in [4.78, 5) is 3.91. The van der Waals surface area contributed by atoms with E-state index in [0.717, 1.165) is 9.32 Å². The van der Waals surface area contributed by atoms with Crippen LogP contribution in [0.1, 0.15) is 6.92 Å². The maximum atomic E-state index is 5.55. The average molecular weight is 264 g/mol. The third kappa shape index (κ3) is 1.95. The fourth-order valence-electron chi connectivity index (χ4n) is 0.708. The molecule has 1 rings (SSSR count). The van der Waals surface area contributed by atoms with Crippen LogP contribution in [-0.4, -0.2) is 11.6 Å². The third-order valence-corrected chi connectivity index (χ3v) is 2.26. The molecule has 1 heterocycles. The summed E-state index contributed by atoms with van der Waals surface area (Å²) in [5, 5.41) is 0. The van der Waals surface area contributed by atoms with Crippen LogP contribution in [0.4, 0.5) is 5.82 Å². The number of hydrogen-bond acceptors (Lipinski definition) is 3. The lowest BCUT2D eigenvalue weighted by molar-refractivity contribution is 0.337. The Morgan fingerprint density at radius 3 is 3.09 bits per heavy atom. The first-order valence-electron chi connectivity index (χ1n) is 3.28. The largest absolute Gasteiger partial charge is 0.493 e. The Balaban J connectivity index is 2.96. The summed E-state index contributed by atoms with van der Waals surface area (Å²) in [5.41, 5.74) is 5.55. The first-order chi connectivity index (χ1) is 5.25. The zero-order valence-electron chi connectivity index (χ0n) is 6.17. The Hall–Kier alpha value is -0.520. The van der Waals surface area contributed by atoms with Crippen molar-refractivity contribution in [3.05, 3.63) is 15.8 Å². The van der Waals surface area contributed by atoms with Gasteiger partial charge in [0.15, 0.2) is 0 Å². The summed E-state index contributed by atoms with van der Waals surface area (Å²) in [6, 6.07) is 1.81. The Morgan fingerprint density at radius 2 is 2.45 bits per heavy atom. The molecule has 0 aliphatic heterocycles. The highest BCUT2D eigenvalue weighted by Gasteiger charge is 2.02. The standard InChI is InChI=1S/C7H9IN2O/c1-2-11-5-3-4-10-7(9)6(5)8/h3-4H,2H2,1H3,(H2,9,10). The number of nitrogen functional groups attached to an aromatic ring is 1. The van der Waals surface area contributed by atoms with Gasteiger partial charge in [-0.25, -0.2) is 4.98 Å². The van der Waals surface area contributed by atoms with Gasteiger partial charge in [0, 0.05) is 6.20 Å². The Kier molecular flexibility index (Phi) is 2.92. The molecular weight excluding hydrogens is 255 g/mol. The molecule has 0 radical (unpaired) electrons. The van der Waals surface area contributed by atoms with Crippen LogP contribution in [-0.2, 0) is 0 Å². The van der Waals surface area contributed by atoms with Crippen molar-refractivity contribution in [2.75, 3.05) is 12.3 Å². The van der Waals surface area contributed by atoms with Crippen LogP contribution in [0.3, 0.4) is 0 Å². The van der Waals surface area contributed by atoms with Crippen molar-refractivity contribution in [3.63, 3.8) is 0 Å². The molecule has 60 valence electrons. The van der Waals surface area contributed by atoms with Crippen LogP contribution in [0.15, 0.2) is 12.3 Å². The summed E-state index contributed by atoms with van der Waals surface area (Å²) in [7, 11) is 0. The van der Waals surface area contributed by atoms with E-state index in [0.29, 0.717) is 12.4 Å². The second-order valence-electron chi connectivity index (χ2n) is 1.94. The summed E-state index contributed by atoms with van der Waals surface area (Å²) in [6.45, 7) is 2.59. The molecule has 0 aliphatic carbocycles. The van der Waals surface area contributed by atoms with Gasteiger partial charge < -0.3 is 10.5 Å². The normalized spacial score (nSPS) is 9.64. The van der Waals surface area contributed by atoms with Crippen LogP contribution in [0, 0.1) is 3.57 Å². The van der Waals surface area contributed by atoms with Crippen LogP contribution in [0.2, 0.25) is 0 Å². The second-order valence-corrected chi connectivity index (χ2v) is 3.02. The minimum atomic E-state index is 0.525. The lowest BCUT2D eigenvalue weighted by Crippen LogP contribution is -1.98. The lowest BCUT2D eigenvalue weighted by Gasteiger charge is -2.05. The average Bonchev–Trinajstić information content (AvgIpc) is 1.99. The maximum absolute atomic E-state index is 5.55. The predicted molar refractivity (Wildman–Crippen MR) is 52.5 cm³/mol. The van der Waals surface area contributed by atoms with Gasteiger partial charge in [-0.05, 0) is 35.6 Å². The van der Waals surface area contributed by atoms with Crippen molar-refractivity contribution < 1.29 is 4.74 Å². The second kappa shape index (κ2) is 3.75. The van der Waals surface area contributed by atoms with Gasteiger partial charge in [-0.1, -0.05) is 0 Å². The smallest absolute Gasteiger partial charge is 0.140 e. The summed E-state index contributed by atoms with van der Waals surface area (Å²) in [5.74, 6) is 1.33. The number of rotatable bonds is 2. The van der Waals surface area contributed by atoms with E-state index in [1.807, 2.05) is 13.0 Å². The lowest BCUT2D eigenvalue weighted by atomic mass is 10.4. The van der Waals surface area contributed by atoms with Crippen molar-refractivity contribution >= 4 is 28.4 Å². The molecule has 0 unspecified atom stereocenters. The first kappa shape index (κ1) is 8.58. The fraction of sp³-hybridized carbons (Fsp3) is 0.286. The number of aromatic nitrogens is 1. The Labute approximate surface area is 79.1 Å². The zero-order valence-corrected chi connectivity index (χ0v) is 8.33. The summed E-state index contributed by atoms with van der Waals surface area (Å²) >= 11 is 2.12. The van der Waals surface area contributed by atoms with Crippen molar-refractivity contribution in [2.45, 2.75) is 6.92 Å². The van der Waals surface area contributed by atoms with Crippen molar-refractivity contribution in [1.82, 2.24) is 4.98 Å². The predicted octanol–water partition coefficient (Wildman–Crippen LogP) is 1.67. The molecule has 4 heteroatoms. The van der Waals surface area contributed by atoms with Gasteiger partial charge in [0.05, 0.1) is 10.2 Å². The van der Waals surface area contributed by atoms with Gasteiger partial charge in [0.1, 0.15) is 11.6 Å². The van der Waals surface area contributed by atoms with Crippen molar-refractivity contribution in [3.8, 4) is 5.75 Å². The van der Waals surface area contributed by atoms with E-state index in [2.05, 4.69) is 27.6 Å². The molecule has 11 heavy (non-hydrogen) atoms. The highest BCUT2D eigenvalue weighted by atomic mass is 127. The van der Waals surface area contributed by atoms with Crippen LogP contribution in [0.25, 0.3) is 0 Å². The number of pyridine rings is 1. The molecule has 0 spiro atoms. The topological polar surface area (TPSA) is 48.1 Å². The van der Waals surface area contributed by atoms with E-state index in [1.165, 1.54) is 0 Å². The van der Waals surface area contributed by atoms with Gasteiger partial charge in [-0.15, -0.1) is 0 Å². The van der Waals surface area contributed by atoms with Crippen LogP contribution >= 0.6 is 22.6 Å². The van der Waals surface area contributed by atoms with Gasteiger partial charge in [-0.3, -0.25) is 0 Å². The molecular formula is C7H9IN2O. The van der Waals surface area contributed by atoms with Gasteiger partial charge in [0.25, 0.3) is 0 Å². The molecule has 0 atom stereocenters. The highest BCUT2D eigenvalue weighted by molar-refractivity contribution is 14.1. The molecule has 2 N–H and O–H groups in total. The number of anilines is 1. The molecule has 0 bridgehead atoms. The minimum absolute atomic E-state index is 0.525. The molecule has 0 aliphatic rings. The number of hydrogen-bond donors (Lipinski definition) is 1. The Morgan fingerprint density at radius 1 is 1.73 bits per heavy atom. The van der Waals surface area contributed by atoms with Gasteiger partial charge in [-0.2, -0.15) is 0 Å². The Bertz CT molecular complexity index is 252. The van der Waals surface area contributed by atoms with Crippen LogP contribution < -0.4 is 10.5 Å². The molecule has 1 aromatic heterocycles. The van der Waals surface area contributed by atoms with E-state index in [-0.39, 0.29) is 0 Å². The van der Waals surface area contributed by atoms with E-state index >= 15 is 0 Å². The monoisotopic (exact) mass is 264 g/mol. The molecule has 0 saturated carbocycles. The summed E-state index contributed by atoms with van der Waals surface area (Å²) in [6.07, 6.45) is 1.64. The number of ether oxygens (including phenoxy) is 1. The first-order valence-corrected chi connectivity index (χ1v) is 4.36.